The summed E-state index contributed by atoms with van der Waals surface area (Å²) in [6.07, 6.45) is 4.76. The molecule has 4 nitrogen and oxygen atoms in total. The van der Waals surface area contributed by atoms with Crippen LogP contribution in [0.4, 0.5) is 0 Å². The van der Waals surface area contributed by atoms with Crippen LogP contribution in [0.25, 0.3) is 22.0 Å². The molecule has 0 bridgehead atoms. The van der Waals surface area contributed by atoms with E-state index in [9.17, 15) is 0 Å². The summed E-state index contributed by atoms with van der Waals surface area (Å²) in [6, 6.07) is 15.7. The topological polar surface area (TPSA) is 46.2 Å². The Hall–Kier alpha value is -1.86. The van der Waals surface area contributed by atoms with Crippen LogP contribution in [0, 0.1) is 5.92 Å². The third-order valence-corrected chi connectivity index (χ3v) is 7.92. The van der Waals surface area contributed by atoms with Gasteiger partial charge in [-0.05, 0) is 49.1 Å². The number of hydrogen-bond acceptors (Lipinski definition) is 4. The first-order valence-electron chi connectivity index (χ1n) is 11.6. The van der Waals surface area contributed by atoms with Crippen LogP contribution in [0.5, 0.6) is 0 Å². The van der Waals surface area contributed by atoms with Crippen LogP contribution in [0.1, 0.15) is 43.9 Å². The maximum Gasteiger partial charge on any atom is 0.104 e. The smallest absolute Gasteiger partial charge is 0.104 e. The maximum absolute atomic E-state index is 5.93. The maximum atomic E-state index is 5.93. The number of thiocarbonyl (C=S) groups is 1. The van der Waals surface area contributed by atoms with Gasteiger partial charge >= 0.3 is 0 Å². The molecule has 4 rings (SSSR count). The summed E-state index contributed by atoms with van der Waals surface area (Å²) in [4.78, 5) is 0.442. The highest BCUT2D eigenvalue weighted by Crippen LogP contribution is 2.39. The molecule has 1 aromatic heterocycles. The molecule has 1 fully saturated rings. The van der Waals surface area contributed by atoms with Crippen LogP contribution < -0.4 is 11.1 Å². The number of benzene rings is 2. The second-order valence-corrected chi connectivity index (χ2v) is 10.5. The monoisotopic (exact) mass is 466 g/mol. The van der Waals surface area contributed by atoms with Gasteiger partial charge in [-0.1, -0.05) is 68.3 Å². The van der Waals surface area contributed by atoms with Crippen molar-refractivity contribution in [1.82, 2.24) is 14.2 Å². The van der Waals surface area contributed by atoms with Crippen molar-refractivity contribution in [3.8, 4) is 11.1 Å². The number of nitrogens with zero attached hydrogens (tertiary/aromatic N) is 2. The highest BCUT2D eigenvalue weighted by molar-refractivity contribution is 7.97. The molecular formula is C26H34N4S2. The molecule has 2 atom stereocenters. The lowest BCUT2D eigenvalue weighted by atomic mass is 9.95. The lowest BCUT2D eigenvalue weighted by Gasteiger charge is -2.37. The van der Waals surface area contributed by atoms with Crippen molar-refractivity contribution >= 4 is 40.1 Å². The first-order valence-corrected chi connectivity index (χ1v) is 12.9. The average molecular weight is 467 g/mol. The van der Waals surface area contributed by atoms with Crippen molar-refractivity contribution in [1.29, 1.82) is 0 Å². The zero-order valence-electron chi connectivity index (χ0n) is 19.3. The molecule has 3 N–H and O–H groups in total. The van der Waals surface area contributed by atoms with Gasteiger partial charge in [0.25, 0.3) is 0 Å². The van der Waals surface area contributed by atoms with Crippen LogP contribution in [0.15, 0.2) is 48.7 Å². The van der Waals surface area contributed by atoms with Gasteiger partial charge in [0.2, 0.25) is 0 Å². The minimum Gasteiger partial charge on any atom is -0.389 e. The zero-order chi connectivity index (χ0) is 22.7. The average Bonchev–Trinajstić information content (AvgIpc) is 3.16. The molecule has 2 aromatic carbocycles. The highest BCUT2D eigenvalue weighted by Gasteiger charge is 2.29. The predicted molar refractivity (Wildman–Crippen MR) is 143 cm³/mol. The minimum absolute atomic E-state index is 0.442. The third-order valence-electron chi connectivity index (χ3n) is 6.40. The second kappa shape index (κ2) is 10.4. The van der Waals surface area contributed by atoms with E-state index in [4.69, 9.17) is 18.0 Å². The minimum atomic E-state index is 0.442. The van der Waals surface area contributed by atoms with E-state index in [-0.39, 0.29) is 0 Å². The molecule has 3 aromatic rings. The van der Waals surface area contributed by atoms with E-state index in [1.54, 1.807) is 0 Å². The Bertz CT molecular complexity index is 1090. The van der Waals surface area contributed by atoms with Crippen LogP contribution in [0.3, 0.4) is 0 Å². The van der Waals surface area contributed by atoms with Crippen LogP contribution in [0.2, 0.25) is 0 Å². The van der Waals surface area contributed by atoms with Gasteiger partial charge in [-0.25, -0.2) is 0 Å². The summed E-state index contributed by atoms with van der Waals surface area (Å²) in [7, 11) is 2.00. The van der Waals surface area contributed by atoms with E-state index in [2.05, 4.69) is 70.6 Å². The molecule has 1 aliphatic rings. The Labute approximate surface area is 201 Å². The van der Waals surface area contributed by atoms with Crippen molar-refractivity contribution in [2.75, 3.05) is 25.9 Å². The van der Waals surface area contributed by atoms with Crippen molar-refractivity contribution in [2.24, 2.45) is 11.7 Å². The summed E-state index contributed by atoms with van der Waals surface area (Å²) >= 11 is 7.25. The summed E-state index contributed by atoms with van der Waals surface area (Å²) in [5.41, 5.74) is 11.9. The van der Waals surface area contributed by atoms with Gasteiger partial charge in [-0.15, -0.1) is 0 Å². The van der Waals surface area contributed by atoms with Gasteiger partial charge < -0.3 is 15.6 Å². The van der Waals surface area contributed by atoms with Crippen molar-refractivity contribution in [3.05, 3.63) is 59.8 Å². The molecule has 1 saturated heterocycles. The molecule has 0 aliphatic carbocycles. The molecule has 0 amide bonds. The molecular weight excluding hydrogens is 432 g/mol. The second-order valence-electron chi connectivity index (χ2n) is 8.83. The molecule has 2 heterocycles. The largest absolute Gasteiger partial charge is 0.389 e. The van der Waals surface area contributed by atoms with Crippen molar-refractivity contribution in [2.45, 2.75) is 39.3 Å². The number of hydrogen-bond donors (Lipinski definition) is 2. The standard InChI is InChI=1S/C26H34N4S2/c1-4-12-32-29-11-10-24(18(2)16-29)30-17-23(20-6-5-7-21(14-20)26(27)31)22-9-8-19(15-28-3)13-25(22)30/h5-9,13-14,17-18,24,28H,4,10-12,15-16H2,1-3H3,(H2,27,31). The molecule has 0 saturated carbocycles. The van der Waals surface area contributed by atoms with Crippen LogP contribution >= 0.6 is 24.2 Å². The van der Waals surface area contributed by atoms with Crippen molar-refractivity contribution in [3.63, 3.8) is 0 Å². The molecule has 2 unspecified atom stereocenters. The first-order chi connectivity index (χ1) is 15.5. The Balaban J connectivity index is 1.76. The summed E-state index contributed by atoms with van der Waals surface area (Å²) in [5.74, 6) is 1.80. The fraction of sp³-hybridized carbons (Fsp3) is 0.423. The van der Waals surface area contributed by atoms with Gasteiger partial charge in [0, 0.05) is 59.7 Å². The van der Waals surface area contributed by atoms with E-state index in [1.165, 1.54) is 46.2 Å². The van der Waals surface area contributed by atoms with E-state index in [1.807, 2.05) is 25.1 Å². The lowest BCUT2D eigenvalue weighted by Crippen LogP contribution is -2.36. The molecule has 0 spiro atoms. The molecule has 170 valence electrons. The van der Waals surface area contributed by atoms with Gasteiger partial charge in [0.1, 0.15) is 4.99 Å². The normalized spacial score (nSPS) is 19.5. The number of nitrogens with one attached hydrogen (secondary N) is 1. The Morgan fingerprint density at radius 1 is 1.25 bits per heavy atom. The number of rotatable bonds is 8. The predicted octanol–water partition coefficient (Wildman–Crippen LogP) is 5.60. The first kappa shape index (κ1) is 23.3. The lowest BCUT2D eigenvalue weighted by molar-refractivity contribution is 0.216. The van der Waals surface area contributed by atoms with Gasteiger partial charge in [0.05, 0.1) is 0 Å². The van der Waals surface area contributed by atoms with Crippen LogP contribution in [-0.4, -0.2) is 39.8 Å². The molecule has 0 radical (unpaired) electrons. The number of piperidine rings is 1. The molecule has 32 heavy (non-hydrogen) atoms. The Kier molecular flexibility index (Phi) is 7.56. The van der Waals surface area contributed by atoms with Gasteiger partial charge in [0.15, 0.2) is 0 Å². The fourth-order valence-electron chi connectivity index (χ4n) is 4.80. The zero-order valence-corrected chi connectivity index (χ0v) is 20.9. The number of fused-ring (bicyclic) bond motifs is 1. The SMILES string of the molecule is CCCSN1CCC(n2cc(-c3cccc(C(N)=S)c3)c3ccc(CNC)cc32)C(C)C1. The number of aromatic nitrogens is 1. The Morgan fingerprint density at radius 2 is 2.09 bits per heavy atom. The van der Waals surface area contributed by atoms with E-state index >= 15 is 0 Å². The van der Waals surface area contributed by atoms with Gasteiger partial charge in [-0.3, -0.25) is 4.31 Å². The Morgan fingerprint density at radius 3 is 2.81 bits per heavy atom. The van der Waals surface area contributed by atoms with Crippen molar-refractivity contribution < 1.29 is 0 Å². The molecule has 6 heteroatoms. The summed E-state index contributed by atoms with van der Waals surface area (Å²) in [5, 5.41) is 4.58. The van der Waals surface area contributed by atoms with E-state index < -0.39 is 0 Å². The quantitative estimate of drug-likeness (QED) is 0.334. The highest BCUT2D eigenvalue weighted by atomic mass is 32.2. The summed E-state index contributed by atoms with van der Waals surface area (Å²) < 4.78 is 5.11. The van der Waals surface area contributed by atoms with Gasteiger partial charge in [-0.2, -0.15) is 0 Å². The summed E-state index contributed by atoms with van der Waals surface area (Å²) in [6.45, 7) is 7.81. The van der Waals surface area contributed by atoms with E-state index in [0.29, 0.717) is 16.9 Å². The number of nitrogens with two attached hydrogens (primary N) is 1. The van der Waals surface area contributed by atoms with E-state index in [0.717, 1.165) is 25.2 Å². The fourth-order valence-corrected chi connectivity index (χ4v) is 5.94. The molecule has 1 aliphatic heterocycles. The van der Waals surface area contributed by atoms with Crippen LogP contribution in [-0.2, 0) is 6.54 Å². The third kappa shape index (κ3) is 4.88.